The molecule has 0 spiro atoms. The highest BCUT2D eigenvalue weighted by atomic mass is 35.5. The highest BCUT2D eigenvalue weighted by Crippen LogP contribution is 2.49. The van der Waals surface area contributed by atoms with Crippen molar-refractivity contribution in [2.45, 2.75) is 18.3 Å². The first-order valence-electron chi connectivity index (χ1n) is 6.36. The minimum Gasteiger partial charge on any atom is -0.399 e. The standard InChI is InChI=1S/C14H12Cl2N4O/c15-10-11(16)18-7-19-12(10)20-13(21)14(5-6-14)8-1-3-9(17)4-2-8/h1-4,7H,5-6,17H2,(H,18,19,20,21). The highest BCUT2D eigenvalue weighted by Gasteiger charge is 2.51. The van der Waals surface area contributed by atoms with Crippen molar-refractivity contribution in [3.05, 3.63) is 46.3 Å². The van der Waals surface area contributed by atoms with Crippen LogP contribution in [0.1, 0.15) is 18.4 Å². The Morgan fingerprint density at radius 3 is 2.48 bits per heavy atom. The number of benzene rings is 1. The summed E-state index contributed by atoms with van der Waals surface area (Å²) in [6.07, 6.45) is 2.81. The first-order chi connectivity index (χ1) is 10.0. The number of nitrogens with two attached hydrogens (primary N) is 1. The Hall–Kier alpha value is -1.85. The molecule has 0 saturated heterocycles. The number of anilines is 2. The molecule has 1 heterocycles. The van der Waals surface area contributed by atoms with Crippen LogP contribution in [0.5, 0.6) is 0 Å². The number of hydrogen-bond acceptors (Lipinski definition) is 4. The molecule has 0 atom stereocenters. The molecule has 1 saturated carbocycles. The van der Waals surface area contributed by atoms with E-state index >= 15 is 0 Å². The first-order valence-corrected chi connectivity index (χ1v) is 7.12. The zero-order valence-electron chi connectivity index (χ0n) is 10.9. The molecule has 3 N–H and O–H groups in total. The molecule has 3 rings (SSSR count). The molecule has 2 aromatic rings. The smallest absolute Gasteiger partial charge is 0.236 e. The summed E-state index contributed by atoms with van der Waals surface area (Å²) in [6.45, 7) is 0. The van der Waals surface area contributed by atoms with Gasteiger partial charge < -0.3 is 11.1 Å². The van der Waals surface area contributed by atoms with Crippen molar-refractivity contribution in [1.82, 2.24) is 9.97 Å². The lowest BCUT2D eigenvalue weighted by molar-refractivity contribution is -0.118. The van der Waals surface area contributed by atoms with Crippen LogP contribution in [0, 0.1) is 0 Å². The van der Waals surface area contributed by atoms with Gasteiger partial charge in [0.1, 0.15) is 11.3 Å². The van der Waals surface area contributed by atoms with Crippen molar-refractivity contribution in [3.63, 3.8) is 0 Å². The minimum atomic E-state index is -0.533. The van der Waals surface area contributed by atoms with Gasteiger partial charge in [-0.1, -0.05) is 35.3 Å². The molecular weight excluding hydrogens is 311 g/mol. The predicted molar refractivity (Wildman–Crippen MR) is 82.4 cm³/mol. The SMILES string of the molecule is Nc1ccc(C2(C(=O)Nc3ncnc(Cl)c3Cl)CC2)cc1. The number of nitrogens with zero attached hydrogens (tertiary/aromatic N) is 2. The number of rotatable bonds is 3. The number of nitrogen functional groups attached to an aromatic ring is 1. The van der Waals surface area contributed by atoms with Crippen LogP contribution in [-0.2, 0) is 10.2 Å². The van der Waals surface area contributed by atoms with Gasteiger partial charge in [0, 0.05) is 5.69 Å². The number of amides is 1. The Morgan fingerprint density at radius 1 is 1.19 bits per heavy atom. The van der Waals surface area contributed by atoms with E-state index in [1.807, 2.05) is 12.1 Å². The van der Waals surface area contributed by atoms with E-state index in [0.29, 0.717) is 5.69 Å². The quantitative estimate of drug-likeness (QED) is 0.672. The van der Waals surface area contributed by atoms with E-state index in [-0.39, 0.29) is 21.9 Å². The molecule has 0 aliphatic heterocycles. The molecule has 1 aromatic carbocycles. The Kier molecular flexibility index (Phi) is 3.47. The van der Waals surface area contributed by atoms with Crippen LogP contribution < -0.4 is 11.1 Å². The molecule has 0 radical (unpaired) electrons. The Balaban J connectivity index is 1.85. The van der Waals surface area contributed by atoms with Gasteiger partial charge in [-0.2, -0.15) is 0 Å². The number of nitrogens with one attached hydrogen (secondary N) is 1. The molecule has 0 bridgehead atoms. The molecule has 1 amide bonds. The van der Waals surface area contributed by atoms with E-state index < -0.39 is 5.41 Å². The molecule has 1 fully saturated rings. The van der Waals surface area contributed by atoms with Crippen LogP contribution in [0.2, 0.25) is 10.2 Å². The fourth-order valence-corrected chi connectivity index (χ4v) is 2.51. The van der Waals surface area contributed by atoms with E-state index in [0.717, 1.165) is 18.4 Å². The zero-order chi connectivity index (χ0) is 15.0. The van der Waals surface area contributed by atoms with Gasteiger partial charge in [-0.05, 0) is 30.5 Å². The summed E-state index contributed by atoms with van der Waals surface area (Å²) in [5, 5.41) is 2.98. The summed E-state index contributed by atoms with van der Waals surface area (Å²) in [5.74, 6) is 0.0762. The van der Waals surface area contributed by atoms with Crippen molar-refractivity contribution in [3.8, 4) is 0 Å². The Bertz CT molecular complexity index is 699. The summed E-state index contributed by atoms with van der Waals surface area (Å²) in [4.78, 5) is 20.2. The fraction of sp³-hybridized carbons (Fsp3) is 0.214. The molecule has 5 nitrogen and oxygen atoms in total. The summed E-state index contributed by atoms with van der Waals surface area (Å²) < 4.78 is 0. The van der Waals surface area contributed by atoms with Crippen molar-refractivity contribution in [2.24, 2.45) is 0 Å². The van der Waals surface area contributed by atoms with Crippen molar-refractivity contribution < 1.29 is 4.79 Å². The third kappa shape index (κ3) is 2.54. The third-order valence-electron chi connectivity index (χ3n) is 3.63. The van der Waals surface area contributed by atoms with Gasteiger partial charge in [0.25, 0.3) is 0 Å². The van der Waals surface area contributed by atoms with E-state index in [9.17, 15) is 4.79 Å². The average Bonchev–Trinajstić information content (AvgIpc) is 3.26. The van der Waals surface area contributed by atoms with Crippen molar-refractivity contribution >= 4 is 40.6 Å². The average molecular weight is 323 g/mol. The number of halogens is 2. The summed E-state index contributed by atoms with van der Waals surface area (Å²) >= 11 is 11.8. The van der Waals surface area contributed by atoms with E-state index in [2.05, 4.69) is 15.3 Å². The molecule has 21 heavy (non-hydrogen) atoms. The van der Waals surface area contributed by atoms with Crippen LogP contribution in [-0.4, -0.2) is 15.9 Å². The van der Waals surface area contributed by atoms with Gasteiger partial charge in [0.15, 0.2) is 11.0 Å². The minimum absolute atomic E-state index is 0.110. The molecule has 1 aliphatic rings. The normalized spacial score (nSPS) is 15.5. The van der Waals surface area contributed by atoms with Crippen LogP contribution >= 0.6 is 23.2 Å². The lowest BCUT2D eigenvalue weighted by Gasteiger charge is -2.16. The van der Waals surface area contributed by atoms with E-state index in [1.54, 1.807) is 12.1 Å². The molecule has 108 valence electrons. The zero-order valence-corrected chi connectivity index (χ0v) is 12.4. The van der Waals surface area contributed by atoms with Gasteiger partial charge in [-0.3, -0.25) is 4.79 Å². The predicted octanol–water partition coefficient (Wildman–Crippen LogP) is 3.04. The van der Waals surface area contributed by atoms with E-state index in [4.69, 9.17) is 28.9 Å². The maximum atomic E-state index is 12.5. The lowest BCUT2D eigenvalue weighted by Crippen LogP contribution is -2.28. The second-order valence-corrected chi connectivity index (χ2v) is 5.72. The first kappa shape index (κ1) is 14.1. The molecule has 0 unspecified atom stereocenters. The van der Waals surface area contributed by atoms with Gasteiger partial charge in [-0.25, -0.2) is 9.97 Å². The van der Waals surface area contributed by atoms with Gasteiger partial charge in [0.2, 0.25) is 5.91 Å². The molecule has 7 heteroatoms. The number of carbonyl (C=O) groups excluding carboxylic acids is 1. The number of carbonyl (C=O) groups is 1. The second kappa shape index (κ2) is 5.16. The third-order valence-corrected chi connectivity index (χ3v) is 4.37. The molecule has 1 aromatic heterocycles. The van der Waals surface area contributed by atoms with Crippen LogP contribution in [0.25, 0.3) is 0 Å². The summed E-state index contributed by atoms with van der Waals surface area (Å²) in [6, 6.07) is 7.32. The van der Waals surface area contributed by atoms with Crippen molar-refractivity contribution in [1.29, 1.82) is 0 Å². The Morgan fingerprint density at radius 2 is 1.86 bits per heavy atom. The largest absolute Gasteiger partial charge is 0.399 e. The molecular formula is C14H12Cl2N4O. The van der Waals surface area contributed by atoms with Gasteiger partial charge in [0.05, 0.1) is 5.41 Å². The van der Waals surface area contributed by atoms with Gasteiger partial charge >= 0.3 is 0 Å². The number of hydrogen-bond donors (Lipinski definition) is 2. The lowest BCUT2D eigenvalue weighted by atomic mass is 9.95. The van der Waals surface area contributed by atoms with Crippen LogP contribution in [0.4, 0.5) is 11.5 Å². The van der Waals surface area contributed by atoms with E-state index in [1.165, 1.54) is 6.33 Å². The van der Waals surface area contributed by atoms with Crippen LogP contribution in [0.3, 0.4) is 0 Å². The Labute approximate surface area is 131 Å². The van der Waals surface area contributed by atoms with Crippen LogP contribution in [0.15, 0.2) is 30.6 Å². The summed E-state index contributed by atoms with van der Waals surface area (Å²) in [5.41, 5.74) is 6.75. The fourth-order valence-electron chi connectivity index (χ4n) is 2.24. The maximum absolute atomic E-state index is 12.5. The second-order valence-electron chi connectivity index (χ2n) is 4.99. The topological polar surface area (TPSA) is 80.9 Å². The van der Waals surface area contributed by atoms with Gasteiger partial charge in [-0.15, -0.1) is 0 Å². The number of aromatic nitrogens is 2. The monoisotopic (exact) mass is 322 g/mol. The maximum Gasteiger partial charge on any atom is 0.236 e. The van der Waals surface area contributed by atoms with Crippen molar-refractivity contribution in [2.75, 3.05) is 11.1 Å². The molecule has 1 aliphatic carbocycles. The summed E-state index contributed by atoms with van der Waals surface area (Å²) in [7, 11) is 0. The highest BCUT2D eigenvalue weighted by molar-refractivity contribution is 6.43.